The standard InChI is InChI=1S/C27H32N4O4/c1-20-7-5-10-24(17-20)30-16-15-29(18-21(30)2)27(33)23-9-6-14-28(19-23)26(32)13-12-22-8-3-4-11-25(22)31(34)35/h3-5,7-8,10-13,17,21,23H,6,9,14-16,18-19H2,1-2H3/b13-12+. The highest BCUT2D eigenvalue weighted by molar-refractivity contribution is 5.93. The summed E-state index contributed by atoms with van der Waals surface area (Å²) in [7, 11) is 0. The normalized spacial score (nSPS) is 20.8. The number of amides is 2. The average Bonchev–Trinajstić information content (AvgIpc) is 2.87. The molecule has 2 heterocycles. The molecule has 2 amide bonds. The maximum atomic E-state index is 13.3. The number of nitro benzene ring substituents is 1. The summed E-state index contributed by atoms with van der Waals surface area (Å²) in [6, 6.07) is 15.0. The first-order valence-corrected chi connectivity index (χ1v) is 12.2. The van der Waals surface area contributed by atoms with Crippen molar-refractivity contribution < 1.29 is 14.5 Å². The average molecular weight is 477 g/mol. The number of anilines is 1. The zero-order valence-corrected chi connectivity index (χ0v) is 20.3. The van der Waals surface area contributed by atoms with Crippen molar-refractivity contribution in [3.05, 3.63) is 75.8 Å². The first kappa shape index (κ1) is 24.4. The number of nitrogens with zero attached hydrogens (tertiary/aromatic N) is 4. The number of hydrogen-bond acceptors (Lipinski definition) is 5. The van der Waals surface area contributed by atoms with Crippen LogP contribution in [-0.2, 0) is 9.59 Å². The van der Waals surface area contributed by atoms with Gasteiger partial charge in [0.05, 0.1) is 16.4 Å². The van der Waals surface area contributed by atoms with Crippen LogP contribution in [0.1, 0.15) is 30.9 Å². The predicted molar refractivity (Wildman–Crippen MR) is 136 cm³/mol. The highest BCUT2D eigenvalue weighted by Crippen LogP contribution is 2.25. The van der Waals surface area contributed by atoms with Crippen molar-refractivity contribution in [3.8, 4) is 0 Å². The van der Waals surface area contributed by atoms with E-state index in [1.54, 1.807) is 23.1 Å². The van der Waals surface area contributed by atoms with Gasteiger partial charge in [0, 0.05) is 56.6 Å². The zero-order valence-electron chi connectivity index (χ0n) is 20.3. The summed E-state index contributed by atoms with van der Waals surface area (Å²) in [5, 5.41) is 11.2. The van der Waals surface area contributed by atoms with Crippen molar-refractivity contribution in [2.45, 2.75) is 32.7 Å². The summed E-state index contributed by atoms with van der Waals surface area (Å²) in [5.74, 6) is -0.330. The number of likely N-dealkylation sites (tertiary alicyclic amines) is 1. The number of benzene rings is 2. The summed E-state index contributed by atoms with van der Waals surface area (Å²) in [5.41, 5.74) is 2.75. The number of hydrogen-bond donors (Lipinski definition) is 0. The van der Waals surface area contributed by atoms with Crippen molar-refractivity contribution in [3.63, 3.8) is 0 Å². The fourth-order valence-electron chi connectivity index (χ4n) is 5.05. The van der Waals surface area contributed by atoms with E-state index in [0.717, 1.165) is 19.4 Å². The molecule has 35 heavy (non-hydrogen) atoms. The van der Waals surface area contributed by atoms with Gasteiger partial charge < -0.3 is 14.7 Å². The van der Waals surface area contributed by atoms with Gasteiger partial charge >= 0.3 is 0 Å². The van der Waals surface area contributed by atoms with Gasteiger partial charge in [-0.25, -0.2) is 0 Å². The fourth-order valence-corrected chi connectivity index (χ4v) is 5.05. The minimum atomic E-state index is -0.459. The molecule has 0 aromatic heterocycles. The lowest BCUT2D eigenvalue weighted by molar-refractivity contribution is -0.385. The Morgan fingerprint density at radius 2 is 1.83 bits per heavy atom. The van der Waals surface area contributed by atoms with E-state index in [1.165, 1.54) is 29.5 Å². The molecule has 0 spiro atoms. The van der Waals surface area contributed by atoms with Crippen LogP contribution in [-0.4, -0.2) is 65.3 Å². The van der Waals surface area contributed by atoms with Crippen molar-refractivity contribution in [1.82, 2.24) is 9.80 Å². The number of carbonyl (C=O) groups excluding carboxylic acids is 2. The molecule has 2 aromatic rings. The van der Waals surface area contributed by atoms with Crippen molar-refractivity contribution >= 4 is 29.3 Å². The van der Waals surface area contributed by atoms with E-state index in [-0.39, 0.29) is 29.5 Å². The van der Waals surface area contributed by atoms with Crippen LogP contribution in [0.15, 0.2) is 54.6 Å². The van der Waals surface area contributed by atoms with Gasteiger partial charge in [-0.2, -0.15) is 0 Å². The first-order valence-electron chi connectivity index (χ1n) is 12.2. The molecule has 2 aromatic carbocycles. The minimum Gasteiger partial charge on any atom is -0.365 e. The molecule has 0 saturated carbocycles. The Balaban J connectivity index is 1.36. The van der Waals surface area contributed by atoms with Crippen LogP contribution >= 0.6 is 0 Å². The van der Waals surface area contributed by atoms with Crippen molar-refractivity contribution in [2.75, 3.05) is 37.6 Å². The topological polar surface area (TPSA) is 87.0 Å². The van der Waals surface area contributed by atoms with Crippen LogP contribution in [0.3, 0.4) is 0 Å². The summed E-state index contributed by atoms with van der Waals surface area (Å²) in [6.45, 7) is 7.30. The lowest BCUT2D eigenvalue weighted by Gasteiger charge is -2.43. The number of nitro groups is 1. The van der Waals surface area contributed by atoms with E-state index in [1.807, 2.05) is 4.90 Å². The molecule has 4 rings (SSSR count). The predicted octanol–water partition coefficient (Wildman–Crippen LogP) is 3.89. The van der Waals surface area contributed by atoms with Crippen LogP contribution in [0.4, 0.5) is 11.4 Å². The van der Waals surface area contributed by atoms with Crippen molar-refractivity contribution in [1.29, 1.82) is 0 Å². The third kappa shape index (κ3) is 5.70. The van der Waals surface area contributed by atoms with E-state index in [2.05, 4.69) is 43.0 Å². The lowest BCUT2D eigenvalue weighted by Crippen LogP contribution is -2.56. The molecular formula is C27H32N4O4. The highest BCUT2D eigenvalue weighted by Gasteiger charge is 2.34. The molecule has 0 radical (unpaired) electrons. The molecule has 8 nitrogen and oxygen atoms in total. The molecule has 2 unspecified atom stereocenters. The molecule has 2 aliphatic rings. The number of para-hydroxylation sites is 1. The molecule has 2 saturated heterocycles. The second-order valence-electron chi connectivity index (χ2n) is 9.44. The van der Waals surface area contributed by atoms with Gasteiger partial charge in [-0.1, -0.05) is 24.3 Å². The molecule has 0 bridgehead atoms. The Labute approximate surface area is 206 Å². The second-order valence-corrected chi connectivity index (χ2v) is 9.44. The summed E-state index contributed by atoms with van der Waals surface area (Å²) >= 11 is 0. The van der Waals surface area contributed by atoms with Gasteiger partial charge in [0.1, 0.15) is 0 Å². The second kappa shape index (κ2) is 10.7. The van der Waals surface area contributed by atoms with Gasteiger partial charge in [0.25, 0.3) is 5.69 Å². The summed E-state index contributed by atoms with van der Waals surface area (Å²) < 4.78 is 0. The van der Waals surface area contributed by atoms with E-state index in [4.69, 9.17) is 0 Å². The Bertz CT molecular complexity index is 1130. The number of piperidine rings is 1. The molecule has 8 heteroatoms. The quantitative estimate of drug-likeness (QED) is 0.371. The monoisotopic (exact) mass is 476 g/mol. The van der Waals surface area contributed by atoms with E-state index >= 15 is 0 Å². The Hall–Kier alpha value is -3.68. The van der Waals surface area contributed by atoms with E-state index in [0.29, 0.717) is 31.7 Å². The minimum absolute atomic E-state index is 0.0397. The number of rotatable bonds is 5. The molecule has 0 aliphatic carbocycles. The zero-order chi connectivity index (χ0) is 24.9. The van der Waals surface area contributed by atoms with Gasteiger partial charge in [-0.15, -0.1) is 0 Å². The van der Waals surface area contributed by atoms with Gasteiger partial charge in [0.2, 0.25) is 11.8 Å². The van der Waals surface area contributed by atoms with Crippen LogP contribution in [0.5, 0.6) is 0 Å². The van der Waals surface area contributed by atoms with Crippen LogP contribution in [0, 0.1) is 23.0 Å². The fraction of sp³-hybridized carbons (Fsp3) is 0.407. The largest absolute Gasteiger partial charge is 0.365 e. The number of piperazine rings is 1. The number of aryl methyl sites for hydroxylation is 1. The third-order valence-corrected chi connectivity index (χ3v) is 6.89. The van der Waals surface area contributed by atoms with Gasteiger partial charge in [0.15, 0.2) is 0 Å². The summed E-state index contributed by atoms with van der Waals surface area (Å²) in [6.07, 6.45) is 4.39. The lowest BCUT2D eigenvalue weighted by atomic mass is 9.95. The maximum Gasteiger partial charge on any atom is 0.276 e. The van der Waals surface area contributed by atoms with Crippen LogP contribution in [0.2, 0.25) is 0 Å². The summed E-state index contributed by atoms with van der Waals surface area (Å²) in [4.78, 5) is 42.9. The highest BCUT2D eigenvalue weighted by atomic mass is 16.6. The van der Waals surface area contributed by atoms with Crippen LogP contribution in [0.25, 0.3) is 6.08 Å². The van der Waals surface area contributed by atoms with Crippen molar-refractivity contribution in [2.24, 2.45) is 5.92 Å². The Morgan fingerprint density at radius 1 is 1.03 bits per heavy atom. The molecular weight excluding hydrogens is 444 g/mol. The smallest absolute Gasteiger partial charge is 0.276 e. The first-order chi connectivity index (χ1) is 16.8. The maximum absolute atomic E-state index is 13.3. The van der Waals surface area contributed by atoms with Gasteiger partial charge in [-0.3, -0.25) is 19.7 Å². The Kier molecular flexibility index (Phi) is 7.48. The Morgan fingerprint density at radius 3 is 2.57 bits per heavy atom. The molecule has 2 atom stereocenters. The van der Waals surface area contributed by atoms with E-state index in [9.17, 15) is 19.7 Å². The molecule has 2 fully saturated rings. The SMILES string of the molecule is Cc1cccc(N2CCN(C(=O)C3CCCN(C(=O)/C=C/c4ccccc4[N+](=O)[O-])C3)CC2C)c1. The van der Waals surface area contributed by atoms with Gasteiger partial charge in [-0.05, 0) is 56.5 Å². The molecule has 2 aliphatic heterocycles. The van der Waals surface area contributed by atoms with E-state index < -0.39 is 4.92 Å². The molecule has 184 valence electrons. The van der Waals surface area contributed by atoms with Crippen LogP contribution < -0.4 is 4.90 Å². The third-order valence-electron chi connectivity index (χ3n) is 6.89. The number of carbonyl (C=O) groups is 2. The molecule has 0 N–H and O–H groups in total.